The molecule has 108 valence electrons. The van der Waals surface area contributed by atoms with E-state index < -0.39 is 0 Å². The van der Waals surface area contributed by atoms with Gasteiger partial charge in [0.25, 0.3) is 0 Å². The Kier molecular flexibility index (Phi) is 3.42. The van der Waals surface area contributed by atoms with Gasteiger partial charge < -0.3 is 14.2 Å². The van der Waals surface area contributed by atoms with Crippen LogP contribution in [0.5, 0.6) is 11.5 Å². The Morgan fingerprint density at radius 2 is 2.00 bits per heavy atom. The van der Waals surface area contributed by atoms with Crippen LogP contribution in [-0.2, 0) is 4.74 Å². The minimum atomic E-state index is -0.326. The zero-order valence-electron chi connectivity index (χ0n) is 12.0. The summed E-state index contributed by atoms with van der Waals surface area (Å²) < 4.78 is 16.8. The van der Waals surface area contributed by atoms with Crippen molar-refractivity contribution in [3.05, 3.63) is 23.8 Å². The Balaban J connectivity index is 1.84. The summed E-state index contributed by atoms with van der Waals surface area (Å²) >= 11 is 0. The maximum absolute atomic E-state index is 12.4. The SMILES string of the molecule is COc1ccc2c(c1)C(=O)CC1(CCC(OC)CC1)O2. The fraction of sp³-hybridized carbons (Fsp3) is 0.562. The van der Waals surface area contributed by atoms with E-state index in [1.165, 1.54) is 0 Å². The standard InChI is InChI=1S/C16H20O4/c1-18-11-5-7-16(8-6-11)10-14(17)13-9-12(19-2)3-4-15(13)20-16/h3-4,9,11H,5-8,10H2,1-2H3. The van der Waals surface area contributed by atoms with Gasteiger partial charge in [0, 0.05) is 7.11 Å². The van der Waals surface area contributed by atoms with Crippen molar-refractivity contribution in [1.29, 1.82) is 0 Å². The molecule has 1 aromatic rings. The van der Waals surface area contributed by atoms with Crippen molar-refractivity contribution >= 4 is 5.78 Å². The number of hydrogen-bond donors (Lipinski definition) is 0. The summed E-state index contributed by atoms with van der Waals surface area (Å²) in [6, 6.07) is 5.45. The molecule has 1 aliphatic carbocycles. The summed E-state index contributed by atoms with van der Waals surface area (Å²) in [7, 11) is 3.35. The summed E-state index contributed by atoms with van der Waals surface area (Å²) in [4.78, 5) is 12.4. The van der Waals surface area contributed by atoms with Gasteiger partial charge in [-0.15, -0.1) is 0 Å². The number of carbonyl (C=O) groups excluding carboxylic acids is 1. The molecule has 0 radical (unpaired) electrons. The van der Waals surface area contributed by atoms with E-state index in [1.807, 2.05) is 12.1 Å². The average Bonchev–Trinajstić information content (AvgIpc) is 2.48. The number of benzene rings is 1. The number of rotatable bonds is 2. The molecule has 4 heteroatoms. The molecule has 0 amide bonds. The van der Waals surface area contributed by atoms with Crippen molar-refractivity contribution in [2.45, 2.75) is 43.8 Å². The van der Waals surface area contributed by atoms with Crippen LogP contribution in [0.4, 0.5) is 0 Å². The monoisotopic (exact) mass is 276 g/mol. The number of ketones is 1. The minimum Gasteiger partial charge on any atom is -0.497 e. The van der Waals surface area contributed by atoms with Crippen LogP contribution in [0.15, 0.2) is 18.2 Å². The van der Waals surface area contributed by atoms with E-state index in [-0.39, 0.29) is 11.4 Å². The van der Waals surface area contributed by atoms with Crippen molar-refractivity contribution in [2.75, 3.05) is 14.2 Å². The highest BCUT2D eigenvalue weighted by molar-refractivity contribution is 6.00. The summed E-state index contributed by atoms with van der Waals surface area (Å²) in [5.74, 6) is 1.54. The molecular weight excluding hydrogens is 256 g/mol. The first-order chi connectivity index (χ1) is 9.65. The van der Waals surface area contributed by atoms with Crippen molar-refractivity contribution in [1.82, 2.24) is 0 Å². The Bertz CT molecular complexity index is 515. The molecule has 20 heavy (non-hydrogen) atoms. The lowest BCUT2D eigenvalue weighted by Gasteiger charge is -2.42. The average molecular weight is 276 g/mol. The molecule has 0 aromatic heterocycles. The fourth-order valence-electron chi connectivity index (χ4n) is 3.23. The van der Waals surface area contributed by atoms with Gasteiger partial charge in [-0.2, -0.15) is 0 Å². The molecule has 4 nitrogen and oxygen atoms in total. The van der Waals surface area contributed by atoms with Gasteiger partial charge in [0.05, 0.1) is 25.2 Å². The summed E-state index contributed by atoms with van der Waals surface area (Å²) in [6.07, 6.45) is 4.43. The van der Waals surface area contributed by atoms with Crippen LogP contribution in [0.25, 0.3) is 0 Å². The van der Waals surface area contributed by atoms with E-state index in [2.05, 4.69) is 0 Å². The number of hydrogen-bond acceptors (Lipinski definition) is 4. The third-order valence-electron chi connectivity index (χ3n) is 4.47. The molecule has 0 atom stereocenters. The molecule has 1 aliphatic heterocycles. The fourth-order valence-corrected chi connectivity index (χ4v) is 3.23. The summed E-state index contributed by atoms with van der Waals surface area (Å²) in [5, 5.41) is 0. The van der Waals surface area contributed by atoms with Crippen molar-refractivity contribution in [3.8, 4) is 11.5 Å². The lowest BCUT2D eigenvalue weighted by Crippen LogP contribution is -2.46. The second kappa shape index (κ2) is 5.09. The van der Waals surface area contributed by atoms with Crippen LogP contribution in [0.3, 0.4) is 0 Å². The number of carbonyl (C=O) groups is 1. The van der Waals surface area contributed by atoms with Gasteiger partial charge in [-0.05, 0) is 43.9 Å². The molecule has 1 heterocycles. The van der Waals surface area contributed by atoms with Crippen LogP contribution < -0.4 is 9.47 Å². The molecule has 1 aromatic carbocycles. The first-order valence-corrected chi connectivity index (χ1v) is 7.09. The van der Waals surface area contributed by atoms with Crippen molar-refractivity contribution in [2.24, 2.45) is 0 Å². The van der Waals surface area contributed by atoms with Crippen LogP contribution in [0.2, 0.25) is 0 Å². The Morgan fingerprint density at radius 1 is 1.25 bits per heavy atom. The predicted molar refractivity (Wildman–Crippen MR) is 74.6 cm³/mol. The van der Waals surface area contributed by atoms with E-state index >= 15 is 0 Å². The van der Waals surface area contributed by atoms with Gasteiger partial charge in [0.15, 0.2) is 5.78 Å². The zero-order valence-corrected chi connectivity index (χ0v) is 12.0. The predicted octanol–water partition coefficient (Wildman–Crippen LogP) is 2.99. The van der Waals surface area contributed by atoms with Crippen LogP contribution in [0.1, 0.15) is 42.5 Å². The second-order valence-electron chi connectivity index (χ2n) is 5.68. The largest absolute Gasteiger partial charge is 0.497 e. The normalized spacial score (nSPS) is 28.9. The minimum absolute atomic E-state index is 0.154. The highest BCUT2D eigenvalue weighted by atomic mass is 16.5. The second-order valence-corrected chi connectivity index (χ2v) is 5.68. The molecule has 0 N–H and O–H groups in total. The zero-order chi connectivity index (χ0) is 14.2. The number of Topliss-reactive ketones (excluding diaryl/α,β-unsaturated/α-hetero) is 1. The highest BCUT2D eigenvalue weighted by Crippen LogP contribution is 2.43. The van der Waals surface area contributed by atoms with Crippen molar-refractivity contribution < 1.29 is 19.0 Å². The van der Waals surface area contributed by atoms with E-state index in [0.29, 0.717) is 29.6 Å². The van der Waals surface area contributed by atoms with Crippen LogP contribution >= 0.6 is 0 Å². The summed E-state index contributed by atoms with van der Waals surface area (Å²) in [5.41, 5.74) is 0.317. The Morgan fingerprint density at radius 3 is 2.65 bits per heavy atom. The van der Waals surface area contributed by atoms with Gasteiger partial charge in [-0.3, -0.25) is 4.79 Å². The molecule has 1 spiro atoms. The lowest BCUT2D eigenvalue weighted by atomic mass is 9.77. The molecular formula is C16H20O4. The van der Waals surface area contributed by atoms with Crippen molar-refractivity contribution in [3.63, 3.8) is 0 Å². The molecule has 0 unspecified atom stereocenters. The molecule has 2 aliphatic rings. The Labute approximate surface area is 119 Å². The number of methoxy groups -OCH3 is 2. The van der Waals surface area contributed by atoms with Crippen LogP contribution in [0, 0.1) is 0 Å². The third-order valence-corrected chi connectivity index (χ3v) is 4.47. The van der Waals surface area contributed by atoms with Crippen LogP contribution in [-0.4, -0.2) is 31.7 Å². The molecule has 1 saturated carbocycles. The highest BCUT2D eigenvalue weighted by Gasteiger charge is 2.43. The lowest BCUT2D eigenvalue weighted by molar-refractivity contribution is -0.0320. The van der Waals surface area contributed by atoms with Gasteiger partial charge in [0.1, 0.15) is 17.1 Å². The van der Waals surface area contributed by atoms with Gasteiger partial charge in [0.2, 0.25) is 0 Å². The number of ether oxygens (including phenoxy) is 3. The quantitative estimate of drug-likeness (QED) is 0.833. The van der Waals surface area contributed by atoms with Gasteiger partial charge in [-0.1, -0.05) is 0 Å². The van der Waals surface area contributed by atoms with E-state index in [4.69, 9.17) is 14.2 Å². The number of fused-ring (bicyclic) bond motifs is 1. The topological polar surface area (TPSA) is 44.8 Å². The first-order valence-electron chi connectivity index (χ1n) is 7.09. The van der Waals surface area contributed by atoms with Gasteiger partial charge in [-0.25, -0.2) is 0 Å². The van der Waals surface area contributed by atoms with E-state index in [1.54, 1.807) is 20.3 Å². The maximum atomic E-state index is 12.4. The summed E-state index contributed by atoms with van der Waals surface area (Å²) in [6.45, 7) is 0. The van der Waals surface area contributed by atoms with E-state index in [9.17, 15) is 4.79 Å². The third kappa shape index (κ3) is 2.29. The maximum Gasteiger partial charge on any atom is 0.170 e. The molecule has 0 saturated heterocycles. The molecule has 0 bridgehead atoms. The molecule has 1 fully saturated rings. The molecule has 3 rings (SSSR count). The smallest absolute Gasteiger partial charge is 0.170 e. The van der Waals surface area contributed by atoms with Gasteiger partial charge >= 0.3 is 0 Å². The Hall–Kier alpha value is -1.55. The van der Waals surface area contributed by atoms with E-state index in [0.717, 1.165) is 25.7 Å². The first kappa shape index (κ1) is 13.4.